The lowest BCUT2D eigenvalue weighted by molar-refractivity contribution is -0.109. The Kier molecular flexibility index (Phi) is 9.01. The van der Waals surface area contributed by atoms with E-state index in [9.17, 15) is 18.0 Å². The van der Waals surface area contributed by atoms with E-state index in [1.54, 1.807) is 18.5 Å². The Balaban J connectivity index is 1.62. The molecule has 1 aliphatic carbocycles. The lowest BCUT2D eigenvalue weighted by Crippen LogP contribution is -2.48. The van der Waals surface area contributed by atoms with E-state index in [1.165, 1.54) is 17.7 Å². The van der Waals surface area contributed by atoms with Crippen molar-refractivity contribution in [1.82, 2.24) is 9.88 Å². The lowest BCUT2D eigenvalue weighted by Gasteiger charge is -2.47. The van der Waals surface area contributed by atoms with Gasteiger partial charge in [-0.1, -0.05) is 56.3 Å². The molecule has 1 unspecified atom stereocenters. The first-order chi connectivity index (χ1) is 17.8. The minimum absolute atomic E-state index is 0.00167. The summed E-state index contributed by atoms with van der Waals surface area (Å²) < 4.78 is 39.8. The highest BCUT2D eigenvalue weighted by molar-refractivity contribution is 5.63. The summed E-state index contributed by atoms with van der Waals surface area (Å²) in [5, 5.41) is 0. The lowest BCUT2D eigenvalue weighted by atomic mass is 9.78. The van der Waals surface area contributed by atoms with Crippen LogP contribution < -0.4 is 0 Å². The van der Waals surface area contributed by atoms with Crippen LogP contribution in [0, 0.1) is 17.8 Å². The second-order valence-electron chi connectivity index (χ2n) is 10.9. The molecule has 1 aliphatic heterocycles. The number of aromatic nitrogens is 1. The van der Waals surface area contributed by atoms with Crippen LogP contribution in [0.25, 0.3) is 11.1 Å². The number of rotatable bonds is 9. The van der Waals surface area contributed by atoms with Gasteiger partial charge in [0.15, 0.2) is 0 Å². The molecule has 1 saturated heterocycles. The number of allylic oxidation sites excluding steroid dienone is 3. The number of carbonyl (C=O) groups is 1. The van der Waals surface area contributed by atoms with Crippen LogP contribution in [-0.4, -0.2) is 34.9 Å². The standard InChI is InChI=1S/C31H37F3N2O/c1-22(2)3-12-29(26-6-4-24(5-7-26)25-13-17-35-18-14-25)36-19-15-23(16-20-37)21-30(36)27-8-10-28(11-9-27)31(32,33)34/h4-8,10-11,13-14,17-18,20,22-23,27,29-30H,3,9,12,15-16,19,21H2,1-2H3/t23-,27?,29+,30-/m1/s1. The van der Waals surface area contributed by atoms with E-state index in [0.717, 1.165) is 49.6 Å². The number of nitrogens with zero attached hydrogens (tertiary/aromatic N) is 2. The summed E-state index contributed by atoms with van der Waals surface area (Å²) in [5.41, 5.74) is 2.93. The van der Waals surface area contributed by atoms with E-state index < -0.39 is 11.7 Å². The molecule has 0 bridgehead atoms. The van der Waals surface area contributed by atoms with Crippen molar-refractivity contribution in [1.29, 1.82) is 0 Å². The van der Waals surface area contributed by atoms with Gasteiger partial charge in [0, 0.05) is 30.9 Å². The number of hydrogen-bond acceptors (Lipinski definition) is 3. The van der Waals surface area contributed by atoms with E-state index in [-0.39, 0.29) is 23.9 Å². The summed E-state index contributed by atoms with van der Waals surface area (Å²) in [6.45, 7) is 5.30. The SMILES string of the molecule is CC(C)CC[C@@H](c1ccc(-c2ccncc2)cc1)N1CC[C@H](CC=O)C[C@@H]1C1C=CC(C(F)(F)F)=CC1. The number of hydrogen-bond donors (Lipinski definition) is 0. The Morgan fingerprint density at radius 2 is 1.76 bits per heavy atom. The Hall–Kier alpha value is -2.73. The maximum absolute atomic E-state index is 13.3. The zero-order valence-corrected chi connectivity index (χ0v) is 21.7. The molecule has 1 aromatic heterocycles. The Morgan fingerprint density at radius 1 is 1.05 bits per heavy atom. The van der Waals surface area contributed by atoms with E-state index in [0.29, 0.717) is 18.8 Å². The molecule has 6 heteroatoms. The molecule has 2 heterocycles. The third-order valence-corrected chi connectivity index (χ3v) is 7.91. The number of benzene rings is 1. The predicted molar refractivity (Wildman–Crippen MR) is 142 cm³/mol. The van der Waals surface area contributed by atoms with E-state index in [2.05, 4.69) is 48.0 Å². The van der Waals surface area contributed by atoms with Gasteiger partial charge in [0.25, 0.3) is 0 Å². The highest BCUT2D eigenvalue weighted by Gasteiger charge is 2.39. The number of carbonyl (C=O) groups excluding carboxylic acids is 1. The molecular weight excluding hydrogens is 473 g/mol. The van der Waals surface area contributed by atoms with Crippen LogP contribution in [0.2, 0.25) is 0 Å². The number of piperidine rings is 1. The molecule has 0 amide bonds. The van der Waals surface area contributed by atoms with Crippen molar-refractivity contribution in [3.63, 3.8) is 0 Å². The van der Waals surface area contributed by atoms with Crippen LogP contribution in [0.4, 0.5) is 13.2 Å². The number of alkyl halides is 3. The van der Waals surface area contributed by atoms with Crippen molar-refractivity contribution in [3.05, 3.63) is 78.2 Å². The first kappa shape index (κ1) is 27.3. The van der Waals surface area contributed by atoms with Gasteiger partial charge in [-0.2, -0.15) is 13.2 Å². The van der Waals surface area contributed by atoms with Gasteiger partial charge in [-0.3, -0.25) is 9.88 Å². The van der Waals surface area contributed by atoms with Crippen LogP contribution in [0.1, 0.15) is 64.0 Å². The van der Waals surface area contributed by atoms with Gasteiger partial charge in [-0.15, -0.1) is 0 Å². The van der Waals surface area contributed by atoms with Gasteiger partial charge in [-0.05, 0) is 85.2 Å². The first-order valence-electron chi connectivity index (χ1n) is 13.4. The minimum atomic E-state index is -4.32. The number of aldehydes is 1. The van der Waals surface area contributed by atoms with Crippen LogP contribution in [0.5, 0.6) is 0 Å². The zero-order valence-electron chi connectivity index (χ0n) is 21.7. The average Bonchev–Trinajstić information content (AvgIpc) is 2.90. The van der Waals surface area contributed by atoms with Crippen LogP contribution in [0.15, 0.2) is 72.6 Å². The summed E-state index contributed by atoms with van der Waals surface area (Å²) in [5.74, 6) is 0.828. The summed E-state index contributed by atoms with van der Waals surface area (Å²) >= 11 is 0. The molecule has 0 radical (unpaired) electrons. The Bertz CT molecular complexity index is 1080. The predicted octanol–water partition coefficient (Wildman–Crippen LogP) is 7.96. The molecule has 198 valence electrons. The fourth-order valence-corrected chi connectivity index (χ4v) is 5.84. The molecule has 0 saturated carbocycles. The summed E-state index contributed by atoms with van der Waals surface area (Å²) in [6, 6.07) is 13.0. The minimum Gasteiger partial charge on any atom is -0.303 e. The van der Waals surface area contributed by atoms with E-state index >= 15 is 0 Å². The number of pyridine rings is 1. The van der Waals surface area contributed by atoms with Crippen molar-refractivity contribution in [2.24, 2.45) is 17.8 Å². The molecule has 4 rings (SSSR count). The van der Waals surface area contributed by atoms with Crippen LogP contribution in [-0.2, 0) is 4.79 Å². The highest BCUT2D eigenvalue weighted by atomic mass is 19.4. The molecular formula is C31H37F3N2O. The van der Waals surface area contributed by atoms with Gasteiger partial charge in [-0.25, -0.2) is 0 Å². The average molecular weight is 511 g/mol. The van der Waals surface area contributed by atoms with Crippen LogP contribution in [0.3, 0.4) is 0 Å². The molecule has 1 fully saturated rings. The first-order valence-corrected chi connectivity index (χ1v) is 13.4. The monoisotopic (exact) mass is 510 g/mol. The maximum atomic E-state index is 13.3. The van der Waals surface area contributed by atoms with Crippen molar-refractivity contribution in [2.45, 2.75) is 70.6 Å². The van der Waals surface area contributed by atoms with Gasteiger partial charge in [0.05, 0.1) is 5.57 Å². The van der Waals surface area contributed by atoms with Gasteiger partial charge in [0.1, 0.15) is 6.29 Å². The number of halogens is 3. The molecule has 0 N–H and O–H groups in total. The summed E-state index contributed by atoms with van der Waals surface area (Å²) in [6.07, 6.45) is 9.32. The molecule has 3 nitrogen and oxygen atoms in total. The van der Waals surface area contributed by atoms with Gasteiger partial charge in [0.2, 0.25) is 0 Å². The summed E-state index contributed by atoms with van der Waals surface area (Å²) in [7, 11) is 0. The summed E-state index contributed by atoms with van der Waals surface area (Å²) in [4.78, 5) is 17.9. The molecule has 1 aromatic carbocycles. The smallest absolute Gasteiger partial charge is 0.303 e. The molecule has 4 atom stereocenters. The van der Waals surface area contributed by atoms with Crippen LogP contribution >= 0.6 is 0 Å². The third-order valence-electron chi connectivity index (χ3n) is 7.91. The van der Waals surface area contributed by atoms with Crippen molar-refractivity contribution in [2.75, 3.05) is 6.54 Å². The topological polar surface area (TPSA) is 33.2 Å². The number of likely N-dealkylation sites (tertiary alicyclic amines) is 1. The largest absolute Gasteiger partial charge is 0.416 e. The maximum Gasteiger partial charge on any atom is 0.416 e. The molecule has 37 heavy (non-hydrogen) atoms. The van der Waals surface area contributed by atoms with Gasteiger partial charge >= 0.3 is 6.18 Å². The molecule has 2 aliphatic rings. The van der Waals surface area contributed by atoms with Crippen molar-refractivity contribution < 1.29 is 18.0 Å². The fraction of sp³-hybridized carbons (Fsp3) is 0.484. The molecule has 0 spiro atoms. The van der Waals surface area contributed by atoms with E-state index in [4.69, 9.17) is 0 Å². The highest BCUT2D eigenvalue weighted by Crippen LogP contribution is 2.41. The normalized spacial score (nSPS) is 23.6. The van der Waals surface area contributed by atoms with Crippen molar-refractivity contribution >= 4 is 6.29 Å². The second-order valence-corrected chi connectivity index (χ2v) is 10.9. The van der Waals surface area contributed by atoms with Gasteiger partial charge < -0.3 is 4.79 Å². The zero-order chi connectivity index (χ0) is 26.4. The Morgan fingerprint density at radius 3 is 2.35 bits per heavy atom. The fourth-order valence-electron chi connectivity index (χ4n) is 5.84. The third kappa shape index (κ3) is 6.98. The second kappa shape index (κ2) is 12.2. The Labute approximate surface area is 218 Å². The van der Waals surface area contributed by atoms with E-state index in [1.807, 2.05) is 12.1 Å². The quantitative estimate of drug-likeness (QED) is 0.321. The molecule has 2 aromatic rings. The van der Waals surface area contributed by atoms with Crippen molar-refractivity contribution in [3.8, 4) is 11.1 Å².